The van der Waals surface area contributed by atoms with Gasteiger partial charge in [-0.05, 0) is 56.4 Å². The first-order chi connectivity index (χ1) is 20.6. The Morgan fingerprint density at radius 3 is 2.43 bits per heavy atom. The van der Waals surface area contributed by atoms with Gasteiger partial charge in [-0.1, -0.05) is 0 Å². The summed E-state index contributed by atoms with van der Waals surface area (Å²) in [5.41, 5.74) is 6.63. The lowest BCUT2D eigenvalue weighted by molar-refractivity contribution is 0.0511. The van der Waals surface area contributed by atoms with Crippen molar-refractivity contribution in [2.24, 2.45) is 5.73 Å². The van der Waals surface area contributed by atoms with Gasteiger partial charge in [-0.15, -0.1) is 0 Å². The zero-order chi connectivity index (χ0) is 29.4. The zero-order valence-corrected chi connectivity index (χ0v) is 23.9. The fourth-order valence-electron chi connectivity index (χ4n) is 4.44. The molecule has 0 aliphatic heterocycles. The van der Waals surface area contributed by atoms with Gasteiger partial charge in [-0.3, -0.25) is 4.79 Å². The van der Waals surface area contributed by atoms with E-state index in [4.69, 9.17) is 15.2 Å². The van der Waals surface area contributed by atoms with E-state index in [1.165, 1.54) is 0 Å². The third-order valence-corrected chi connectivity index (χ3v) is 6.67. The van der Waals surface area contributed by atoms with E-state index in [0.29, 0.717) is 69.5 Å². The molecule has 14 heteroatoms. The normalized spacial score (nSPS) is 16.6. The topological polar surface area (TPSA) is 186 Å². The molecule has 0 radical (unpaired) electrons. The number of nitrogens with two attached hydrogens (primary N) is 1. The number of nitrogens with one attached hydrogen (secondary N) is 4. The third kappa shape index (κ3) is 10.9. The van der Waals surface area contributed by atoms with Gasteiger partial charge < -0.3 is 46.1 Å². The van der Waals surface area contributed by atoms with Crippen molar-refractivity contribution in [1.29, 1.82) is 0 Å². The fourth-order valence-corrected chi connectivity index (χ4v) is 4.44. The number of nitrogens with zero attached hydrogens (tertiary/aromatic N) is 5. The number of ether oxygens (including phenoxy) is 2. The molecule has 42 heavy (non-hydrogen) atoms. The maximum Gasteiger partial charge on any atom is 0.251 e. The van der Waals surface area contributed by atoms with Gasteiger partial charge in [-0.2, -0.15) is 15.0 Å². The van der Waals surface area contributed by atoms with Crippen LogP contribution in [0.4, 0.5) is 23.5 Å². The monoisotopic (exact) mass is 582 g/mol. The summed E-state index contributed by atoms with van der Waals surface area (Å²) in [7, 11) is 0. The van der Waals surface area contributed by atoms with Crippen LogP contribution in [-0.2, 0) is 16.0 Å². The Morgan fingerprint density at radius 1 is 0.952 bits per heavy atom. The molecule has 1 aliphatic rings. The maximum absolute atomic E-state index is 12.5. The second-order valence-corrected chi connectivity index (χ2v) is 10.0. The molecule has 14 nitrogen and oxygen atoms in total. The van der Waals surface area contributed by atoms with Gasteiger partial charge in [0.05, 0.1) is 38.9 Å². The van der Waals surface area contributed by atoms with Gasteiger partial charge in [0, 0.05) is 55.9 Å². The van der Waals surface area contributed by atoms with E-state index in [0.717, 1.165) is 44.3 Å². The quantitative estimate of drug-likeness (QED) is 0.120. The molecule has 2 aromatic heterocycles. The maximum atomic E-state index is 12.5. The number of aliphatic hydroxyl groups excluding tert-OH is 1. The predicted octanol–water partition coefficient (Wildman–Crippen LogP) is 1.75. The molecule has 0 saturated heterocycles. The van der Waals surface area contributed by atoms with Crippen molar-refractivity contribution in [1.82, 2.24) is 29.8 Å². The first kappa shape index (κ1) is 31.1. The summed E-state index contributed by atoms with van der Waals surface area (Å²) in [4.78, 5) is 30.3. The van der Waals surface area contributed by atoms with E-state index < -0.39 is 0 Å². The molecule has 1 amide bonds. The number of benzene rings is 1. The Labute approximate surface area is 245 Å². The molecule has 3 aromatic rings. The second kappa shape index (κ2) is 17.2. The van der Waals surface area contributed by atoms with Crippen LogP contribution < -0.4 is 27.0 Å². The number of carbonyl (C=O) groups is 1. The molecule has 1 aromatic carbocycles. The number of anilines is 4. The summed E-state index contributed by atoms with van der Waals surface area (Å²) in [6, 6.07) is 7.27. The molecule has 0 atom stereocenters. The van der Waals surface area contributed by atoms with Crippen molar-refractivity contribution in [3.8, 4) is 0 Å². The van der Waals surface area contributed by atoms with E-state index in [1.807, 2.05) is 10.8 Å². The van der Waals surface area contributed by atoms with Crippen molar-refractivity contribution in [3.63, 3.8) is 0 Å². The van der Waals surface area contributed by atoms with E-state index in [1.54, 1.807) is 36.8 Å². The highest BCUT2D eigenvalue weighted by molar-refractivity contribution is 5.94. The molecule has 0 unspecified atom stereocenters. The number of imidazole rings is 1. The number of hydrogen-bond donors (Lipinski definition) is 6. The Balaban J connectivity index is 1.30. The molecule has 2 heterocycles. The summed E-state index contributed by atoms with van der Waals surface area (Å²) in [5.74, 6) is 1.12. The standard InChI is InChI=1S/C28H42N10O4/c29-10-16-41-18-19-42-17-13-31-25(40)21-2-4-22(5-3-21)33-27-35-26(32-11-1-14-38-15-12-30-20-38)36-28(37-27)34-23-6-8-24(39)9-7-23/h2-5,12,15,20,23-24,39H,1,6-11,13-14,16-19,29H2,(H,31,40)(H3,32,33,34,35,36,37). The number of carbonyl (C=O) groups excluding carboxylic acids is 1. The highest BCUT2D eigenvalue weighted by Gasteiger charge is 2.20. The molecule has 1 aliphatic carbocycles. The highest BCUT2D eigenvalue weighted by atomic mass is 16.5. The summed E-state index contributed by atoms with van der Waals surface area (Å²) < 4.78 is 12.7. The minimum atomic E-state index is -0.239. The Morgan fingerprint density at radius 2 is 1.69 bits per heavy atom. The minimum absolute atomic E-state index is 0.184. The van der Waals surface area contributed by atoms with Crippen LogP contribution in [0.1, 0.15) is 42.5 Å². The van der Waals surface area contributed by atoms with Crippen LogP contribution in [0.2, 0.25) is 0 Å². The van der Waals surface area contributed by atoms with Crippen LogP contribution >= 0.6 is 0 Å². The lowest BCUT2D eigenvalue weighted by atomic mass is 9.93. The Bertz CT molecular complexity index is 1190. The molecule has 1 fully saturated rings. The molecule has 7 N–H and O–H groups in total. The summed E-state index contributed by atoms with van der Waals surface area (Å²) in [6.07, 6.45) is 9.32. The number of aliphatic hydroxyl groups is 1. The average molecular weight is 583 g/mol. The molecule has 4 rings (SSSR count). The van der Waals surface area contributed by atoms with Crippen molar-refractivity contribution in [3.05, 3.63) is 48.5 Å². The second-order valence-electron chi connectivity index (χ2n) is 10.0. The molecule has 0 bridgehead atoms. The van der Waals surface area contributed by atoms with Crippen molar-refractivity contribution in [2.75, 3.05) is 62.0 Å². The van der Waals surface area contributed by atoms with Gasteiger partial charge in [0.2, 0.25) is 17.8 Å². The Kier molecular flexibility index (Phi) is 12.7. The van der Waals surface area contributed by atoms with Crippen LogP contribution in [-0.4, -0.2) is 93.7 Å². The number of rotatable bonds is 18. The Hall–Kier alpha value is -3.85. The third-order valence-electron chi connectivity index (χ3n) is 6.67. The van der Waals surface area contributed by atoms with Crippen molar-refractivity contribution in [2.45, 2.75) is 50.8 Å². The molecule has 1 saturated carbocycles. The lowest BCUT2D eigenvalue weighted by Crippen LogP contribution is -2.29. The number of aromatic nitrogens is 5. The molecular weight excluding hydrogens is 540 g/mol. The predicted molar refractivity (Wildman–Crippen MR) is 160 cm³/mol. The van der Waals surface area contributed by atoms with Crippen molar-refractivity contribution >= 4 is 29.4 Å². The van der Waals surface area contributed by atoms with E-state index in [-0.39, 0.29) is 18.1 Å². The fraction of sp³-hybridized carbons (Fsp3) is 0.536. The smallest absolute Gasteiger partial charge is 0.251 e. The number of aryl methyl sites for hydroxylation is 1. The van der Waals surface area contributed by atoms with Gasteiger partial charge in [0.25, 0.3) is 5.91 Å². The van der Waals surface area contributed by atoms with E-state index in [9.17, 15) is 9.90 Å². The van der Waals surface area contributed by atoms with E-state index in [2.05, 4.69) is 41.2 Å². The summed E-state index contributed by atoms with van der Waals surface area (Å²) in [6.45, 7) is 4.22. The van der Waals surface area contributed by atoms with Crippen LogP contribution in [0.5, 0.6) is 0 Å². The SMILES string of the molecule is NCCOCCOCCNC(=O)c1ccc(Nc2nc(NCCCn3ccnc3)nc(NC3CCC(O)CC3)n2)cc1. The van der Waals surface area contributed by atoms with Crippen LogP contribution in [0, 0.1) is 0 Å². The number of amides is 1. The van der Waals surface area contributed by atoms with Crippen LogP contribution in [0.3, 0.4) is 0 Å². The van der Waals surface area contributed by atoms with E-state index >= 15 is 0 Å². The first-order valence-corrected chi connectivity index (χ1v) is 14.5. The van der Waals surface area contributed by atoms with Gasteiger partial charge >= 0.3 is 0 Å². The largest absolute Gasteiger partial charge is 0.393 e. The molecule has 0 spiro atoms. The highest BCUT2D eigenvalue weighted by Crippen LogP contribution is 2.22. The average Bonchev–Trinajstić information content (AvgIpc) is 3.52. The molecule has 228 valence electrons. The number of hydrogen-bond acceptors (Lipinski definition) is 12. The van der Waals surface area contributed by atoms with Gasteiger partial charge in [0.1, 0.15) is 0 Å². The zero-order valence-electron chi connectivity index (χ0n) is 23.9. The van der Waals surface area contributed by atoms with Gasteiger partial charge in [0.15, 0.2) is 0 Å². The lowest BCUT2D eigenvalue weighted by Gasteiger charge is -2.26. The molecular formula is C28H42N10O4. The van der Waals surface area contributed by atoms with Crippen LogP contribution in [0.15, 0.2) is 43.0 Å². The van der Waals surface area contributed by atoms with Crippen LogP contribution in [0.25, 0.3) is 0 Å². The van der Waals surface area contributed by atoms with Crippen molar-refractivity contribution < 1.29 is 19.4 Å². The summed E-state index contributed by atoms with van der Waals surface area (Å²) in [5, 5.41) is 22.6. The minimum Gasteiger partial charge on any atom is -0.393 e. The summed E-state index contributed by atoms with van der Waals surface area (Å²) >= 11 is 0. The van der Waals surface area contributed by atoms with Gasteiger partial charge in [-0.25, -0.2) is 4.98 Å². The first-order valence-electron chi connectivity index (χ1n) is 14.5.